The maximum Gasteiger partial charge on any atom is 0.354 e. The molecule has 96 valence electrons. The number of hydrogen-bond donors (Lipinski definition) is 2. The minimum atomic E-state index is -1.13. The summed E-state index contributed by atoms with van der Waals surface area (Å²) in [7, 11) is 0. The van der Waals surface area contributed by atoms with Crippen molar-refractivity contribution in [3.8, 4) is 0 Å². The Hall–Kier alpha value is -1.95. The Kier molecular flexibility index (Phi) is 3.57. The Morgan fingerprint density at radius 2 is 1.89 bits per heavy atom. The molecule has 1 fully saturated rings. The summed E-state index contributed by atoms with van der Waals surface area (Å²) < 4.78 is 0. The summed E-state index contributed by atoms with van der Waals surface area (Å²) in [5.74, 6) is -1.37. The van der Waals surface area contributed by atoms with Gasteiger partial charge in [0.2, 0.25) is 0 Å². The second kappa shape index (κ2) is 5.14. The lowest BCUT2D eigenvalue weighted by atomic mass is 10.1. The van der Waals surface area contributed by atoms with E-state index in [0.717, 1.165) is 12.8 Å². The number of piperidine rings is 1. The van der Waals surface area contributed by atoms with E-state index in [1.807, 2.05) is 0 Å². The van der Waals surface area contributed by atoms with Gasteiger partial charge in [0.1, 0.15) is 11.4 Å². The number of carbonyl (C=O) groups excluding carboxylic acids is 1. The molecule has 0 aromatic carbocycles. The van der Waals surface area contributed by atoms with E-state index in [2.05, 4.69) is 4.98 Å². The number of carboxylic acid groups (broad SMARTS) is 1. The van der Waals surface area contributed by atoms with Crippen LogP contribution in [0.3, 0.4) is 0 Å². The van der Waals surface area contributed by atoms with Crippen LogP contribution in [0.1, 0.15) is 33.8 Å². The zero-order chi connectivity index (χ0) is 13.1. The first-order chi connectivity index (χ1) is 8.58. The number of amides is 1. The van der Waals surface area contributed by atoms with Gasteiger partial charge in [-0.3, -0.25) is 4.79 Å². The number of carbonyl (C=O) groups is 2. The third kappa shape index (κ3) is 2.65. The third-order valence-corrected chi connectivity index (χ3v) is 3.01. The normalized spacial score (nSPS) is 16.6. The average Bonchev–Trinajstić information content (AvgIpc) is 2.39. The van der Waals surface area contributed by atoms with Crippen molar-refractivity contribution in [1.29, 1.82) is 0 Å². The molecule has 18 heavy (non-hydrogen) atoms. The predicted octanol–water partition coefficient (Wildman–Crippen LogP) is 0.343. The number of pyridine rings is 1. The van der Waals surface area contributed by atoms with Crippen LogP contribution in [0.4, 0.5) is 0 Å². The molecule has 0 unspecified atom stereocenters. The standard InChI is InChI=1S/C12H15N3O3/c13-8-4-6-15(7-5-8)11(16)9-2-1-3-10(14-9)12(17)18/h1-3,8H,4-7,13H2,(H,17,18). The van der Waals surface area contributed by atoms with E-state index in [1.165, 1.54) is 18.2 Å². The van der Waals surface area contributed by atoms with Gasteiger partial charge in [-0.15, -0.1) is 0 Å². The van der Waals surface area contributed by atoms with Crippen LogP contribution in [-0.4, -0.2) is 46.0 Å². The summed E-state index contributed by atoms with van der Waals surface area (Å²) in [6.07, 6.45) is 1.54. The topological polar surface area (TPSA) is 96.5 Å². The number of aromatic nitrogens is 1. The van der Waals surface area contributed by atoms with Gasteiger partial charge in [-0.2, -0.15) is 0 Å². The molecule has 1 aliphatic rings. The smallest absolute Gasteiger partial charge is 0.354 e. The van der Waals surface area contributed by atoms with Gasteiger partial charge >= 0.3 is 5.97 Å². The number of nitrogens with zero attached hydrogens (tertiary/aromatic N) is 2. The predicted molar refractivity (Wildman–Crippen MR) is 64.3 cm³/mol. The van der Waals surface area contributed by atoms with Crippen LogP contribution in [0, 0.1) is 0 Å². The van der Waals surface area contributed by atoms with Gasteiger partial charge < -0.3 is 15.7 Å². The minimum absolute atomic E-state index is 0.116. The Morgan fingerprint density at radius 3 is 2.50 bits per heavy atom. The Morgan fingerprint density at radius 1 is 1.28 bits per heavy atom. The monoisotopic (exact) mass is 249 g/mol. The summed E-state index contributed by atoms with van der Waals surface area (Å²) >= 11 is 0. The highest BCUT2D eigenvalue weighted by Gasteiger charge is 2.23. The SMILES string of the molecule is NC1CCN(C(=O)c2cccc(C(=O)O)n2)CC1. The van der Waals surface area contributed by atoms with Crippen LogP contribution in [0.25, 0.3) is 0 Å². The number of carboxylic acids is 1. The maximum atomic E-state index is 12.1. The summed E-state index contributed by atoms with van der Waals surface area (Å²) in [6, 6.07) is 4.57. The summed E-state index contributed by atoms with van der Waals surface area (Å²) in [5.41, 5.74) is 5.82. The first-order valence-electron chi connectivity index (χ1n) is 5.83. The molecule has 1 aliphatic heterocycles. The van der Waals surface area contributed by atoms with Crippen LogP contribution < -0.4 is 5.73 Å². The van der Waals surface area contributed by atoms with Crippen molar-refractivity contribution in [2.24, 2.45) is 5.73 Å². The van der Waals surface area contributed by atoms with Crippen LogP contribution in [0.5, 0.6) is 0 Å². The van der Waals surface area contributed by atoms with E-state index in [0.29, 0.717) is 13.1 Å². The molecule has 1 aromatic rings. The second-order valence-corrected chi connectivity index (χ2v) is 4.34. The van der Waals surface area contributed by atoms with Crippen molar-refractivity contribution in [2.45, 2.75) is 18.9 Å². The van der Waals surface area contributed by atoms with Gasteiger partial charge in [0, 0.05) is 19.1 Å². The molecule has 0 aliphatic carbocycles. The van der Waals surface area contributed by atoms with Crippen LogP contribution in [0.2, 0.25) is 0 Å². The van der Waals surface area contributed by atoms with Crippen LogP contribution in [-0.2, 0) is 0 Å². The van der Waals surface area contributed by atoms with Crippen LogP contribution in [0.15, 0.2) is 18.2 Å². The molecule has 1 aromatic heterocycles. The Balaban J connectivity index is 2.13. The maximum absolute atomic E-state index is 12.1. The molecule has 0 atom stereocenters. The van der Waals surface area contributed by atoms with Crippen molar-refractivity contribution < 1.29 is 14.7 Å². The van der Waals surface area contributed by atoms with Crippen molar-refractivity contribution in [3.63, 3.8) is 0 Å². The molecule has 0 saturated carbocycles. The number of likely N-dealkylation sites (tertiary alicyclic amines) is 1. The van der Waals surface area contributed by atoms with E-state index in [9.17, 15) is 9.59 Å². The largest absolute Gasteiger partial charge is 0.477 e. The highest BCUT2D eigenvalue weighted by molar-refractivity contribution is 5.94. The molecular weight excluding hydrogens is 234 g/mol. The van der Waals surface area contributed by atoms with Gasteiger partial charge in [0.05, 0.1) is 0 Å². The Bertz CT molecular complexity index is 467. The molecule has 2 rings (SSSR count). The fraction of sp³-hybridized carbons (Fsp3) is 0.417. The van der Waals surface area contributed by atoms with Gasteiger partial charge in [-0.25, -0.2) is 9.78 Å². The lowest BCUT2D eigenvalue weighted by molar-refractivity contribution is 0.0688. The zero-order valence-electron chi connectivity index (χ0n) is 9.87. The van der Waals surface area contributed by atoms with E-state index in [4.69, 9.17) is 10.8 Å². The van der Waals surface area contributed by atoms with E-state index < -0.39 is 5.97 Å². The molecule has 6 nitrogen and oxygen atoms in total. The van der Waals surface area contributed by atoms with Crippen molar-refractivity contribution in [3.05, 3.63) is 29.6 Å². The fourth-order valence-electron chi connectivity index (χ4n) is 1.94. The lowest BCUT2D eigenvalue weighted by Crippen LogP contribution is -2.43. The fourth-order valence-corrected chi connectivity index (χ4v) is 1.94. The van der Waals surface area contributed by atoms with E-state index in [1.54, 1.807) is 4.90 Å². The number of rotatable bonds is 2. The number of aromatic carboxylic acids is 1. The van der Waals surface area contributed by atoms with Crippen molar-refractivity contribution >= 4 is 11.9 Å². The number of hydrogen-bond acceptors (Lipinski definition) is 4. The van der Waals surface area contributed by atoms with E-state index >= 15 is 0 Å². The third-order valence-electron chi connectivity index (χ3n) is 3.01. The first-order valence-corrected chi connectivity index (χ1v) is 5.83. The molecule has 3 N–H and O–H groups in total. The van der Waals surface area contributed by atoms with Gasteiger partial charge in [0.25, 0.3) is 5.91 Å². The number of nitrogens with two attached hydrogens (primary N) is 1. The molecule has 0 bridgehead atoms. The highest BCUT2D eigenvalue weighted by Crippen LogP contribution is 2.12. The highest BCUT2D eigenvalue weighted by atomic mass is 16.4. The summed E-state index contributed by atoms with van der Waals surface area (Å²) in [6.45, 7) is 1.19. The van der Waals surface area contributed by atoms with Crippen molar-refractivity contribution in [2.75, 3.05) is 13.1 Å². The molecule has 6 heteroatoms. The van der Waals surface area contributed by atoms with Gasteiger partial charge in [-0.05, 0) is 25.0 Å². The van der Waals surface area contributed by atoms with Crippen LogP contribution >= 0.6 is 0 Å². The first kappa shape index (κ1) is 12.5. The molecule has 0 radical (unpaired) electrons. The molecule has 0 spiro atoms. The Labute approximate surface area is 104 Å². The molecule has 2 heterocycles. The lowest BCUT2D eigenvalue weighted by Gasteiger charge is -2.29. The van der Waals surface area contributed by atoms with Crippen molar-refractivity contribution in [1.82, 2.24) is 9.88 Å². The van der Waals surface area contributed by atoms with E-state index in [-0.39, 0.29) is 23.3 Å². The second-order valence-electron chi connectivity index (χ2n) is 4.34. The van der Waals surface area contributed by atoms with Gasteiger partial charge in [-0.1, -0.05) is 6.07 Å². The molecular formula is C12H15N3O3. The zero-order valence-corrected chi connectivity index (χ0v) is 9.87. The summed E-state index contributed by atoms with van der Waals surface area (Å²) in [4.78, 5) is 28.4. The molecule has 1 saturated heterocycles. The molecule has 1 amide bonds. The summed E-state index contributed by atoms with van der Waals surface area (Å²) in [5, 5.41) is 8.83. The van der Waals surface area contributed by atoms with Gasteiger partial charge in [0.15, 0.2) is 0 Å². The quantitative estimate of drug-likeness (QED) is 0.788. The average molecular weight is 249 g/mol. The minimum Gasteiger partial charge on any atom is -0.477 e.